The van der Waals surface area contributed by atoms with Crippen molar-refractivity contribution in [2.45, 2.75) is 132 Å². The van der Waals surface area contributed by atoms with Crippen LogP contribution in [0.15, 0.2) is 70.4 Å². The molecule has 0 N–H and O–H groups in total. The zero-order valence-corrected chi connectivity index (χ0v) is 24.8. The summed E-state index contributed by atoms with van der Waals surface area (Å²) in [6.07, 6.45) is 26.9. The Balaban J connectivity index is 2.51. The van der Waals surface area contributed by atoms with Crippen LogP contribution in [0.5, 0.6) is 0 Å². The van der Waals surface area contributed by atoms with Gasteiger partial charge >= 0.3 is 0 Å². The van der Waals surface area contributed by atoms with Crippen molar-refractivity contribution < 1.29 is 0 Å². The summed E-state index contributed by atoms with van der Waals surface area (Å²) in [4.78, 5) is 0. The molecule has 0 heteroatoms. The van der Waals surface area contributed by atoms with Gasteiger partial charge in [0.05, 0.1) is 0 Å². The van der Waals surface area contributed by atoms with Gasteiger partial charge in [-0.15, -0.1) is 0 Å². The highest BCUT2D eigenvalue weighted by Gasteiger charge is 2.24. The van der Waals surface area contributed by atoms with Gasteiger partial charge in [-0.05, 0) is 136 Å². The summed E-state index contributed by atoms with van der Waals surface area (Å²) in [5, 5.41) is 0. The van der Waals surface area contributed by atoms with Gasteiger partial charge in [0, 0.05) is 0 Å². The van der Waals surface area contributed by atoms with Crippen LogP contribution in [0.1, 0.15) is 132 Å². The summed E-state index contributed by atoms with van der Waals surface area (Å²) in [5.41, 5.74) is 9.08. The highest BCUT2D eigenvalue weighted by molar-refractivity contribution is 5.13. The molecular weight excluding hydrogens is 420 g/mol. The first kappa shape index (κ1) is 31.5. The maximum absolute atomic E-state index is 4.43. The molecule has 0 nitrogen and oxygen atoms in total. The Hall–Kier alpha value is -1.56. The fraction of sp³-hybridized carbons (Fsp3) is 0.657. The van der Waals surface area contributed by atoms with E-state index in [-0.39, 0.29) is 0 Å². The van der Waals surface area contributed by atoms with E-state index in [2.05, 4.69) is 92.3 Å². The lowest BCUT2D eigenvalue weighted by atomic mass is 9.74. The quantitative estimate of drug-likeness (QED) is 0.193. The number of hydrogen-bond donors (Lipinski definition) is 0. The summed E-state index contributed by atoms with van der Waals surface area (Å²) in [6.45, 7) is 22.6. The normalized spacial score (nSPS) is 18.9. The van der Waals surface area contributed by atoms with Gasteiger partial charge in [-0.3, -0.25) is 0 Å². The van der Waals surface area contributed by atoms with Crippen LogP contribution >= 0.6 is 0 Å². The summed E-state index contributed by atoms with van der Waals surface area (Å²) in [5.74, 6) is 2.37. The minimum atomic E-state index is 0.743. The SMILES string of the molecule is C=C(CC/C=C(\C)CCC=C(C)C)CCC1C=C(CC/C=C(\C)CCC=C(C)C)CC(C(C)C)C1. The lowest BCUT2D eigenvalue weighted by molar-refractivity contribution is 0.291. The zero-order valence-electron chi connectivity index (χ0n) is 24.8. The van der Waals surface area contributed by atoms with Crippen LogP contribution < -0.4 is 0 Å². The van der Waals surface area contributed by atoms with Crippen molar-refractivity contribution in [3.63, 3.8) is 0 Å². The molecule has 0 bridgehead atoms. The minimum Gasteiger partial charge on any atom is -0.0999 e. The third-order valence-electron chi connectivity index (χ3n) is 7.54. The second-order valence-electron chi connectivity index (χ2n) is 12.1. The molecular formula is C35H58. The van der Waals surface area contributed by atoms with E-state index in [1.54, 1.807) is 11.1 Å². The van der Waals surface area contributed by atoms with Crippen LogP contribution in [0.4, 0.5) is 0 Å². The molecule has 1 rings (SSSR count). The molecule has 35 heavy (non-hydrogen) atoms. The highest BCUT2D eigenvalue weighted by Crippen LogP contribution is 2.37. The first-order chi connectivity index (χ1) is 16.6. The second-order valence-corrected chi connectivity index (χ2v) is 12.1. The van der Waals surface area contributed by atoms with Crippen molar-refractivity contribution in [1.29, 1.82) is 0 Å². The van der Waals surface area contributed by atoms with Crippen molar-refractivity contribution in [2.24, 2.45) is 17.8 Å². The van der Waals surface area contributed by atoms with E-state index in [9.17, 15) is 0 Å². The first-order valence-electron chi connectivity index (χ1n) is 14.5. The molecule has 198 valence electrons. The molecule has 0 saturated carbocycles. The van der Waals surface area contributed by atoms with Crippen molar-refractivity contribution in [3.8, 4) is 0 Å². The molecule has 1 aliphatic carbocycles. The van der Waals surface area contributed by atoms with Gasteiger partial charge in [0.2, 0.25) is 0 Å². The van der Waals surface area contributed by atoms with Gasteiger partial charge in [-0.2, -0.15) is 0 Å². The van der Waals surface area contributed by atoms with E-state index in [4.69, 9.17) is 0 Å². The number of hydrogen-bond acceptors (Lipinski definition) is 0. The number of allylic oxidation sites excluding steroid dienone is 11. The van der Waals surface area contributed by atoms with Crippen LogP contribution in [0.3, 0.4) is 0 Å². The van der Waals surface area contributed by atoms with E-state index in [1.807, 2.05) is 0 Å². The molecule has 1 aliphatic rings. The maximum Gasteiger partial charge on any atom is -0.0225 e. The Morgan fingerprint density at radius 3 is 1.89 bits per heavy atom. The number of rotatable bonds is 16. The Morgan fingerprint density at radius 2 is 1.34 bits per heavy atom. The monoisotopic (exact) mass is 478 g/mol. The molecule has 0 aliphatic heterocycles. The predicted octanol–water partition coefficient (Wildman–Crippen LogP) is 11.9. The van der Waals surface area contributed by atoms with Crippen molar-refractivity contribution in [2.75, 3.05) is 0 Å². The summed E-state index contributed by atoms with van der Waals surface area (Å²) in [6, 6.07) is 0. The Labute approximate surface area is 220 Å². The van der Waals surface area contributed by atoms with Crippen LogP contribution in [-0.4, -0.2) is 0 Å². The largest absolute Gasteiger partial charge is 0.0999 e. The summed E-state index contributed by atoms with van der Waals surface area (Å²) >= 11 is 0. The topological polar surface area (TPSA) is 0 Å². The fourth-order valence-corrected chi connectivity index (χ4v) is 5.10. The molecule has 2 atom stereocenters. The van der Waals surface area contributed by atoms with Gasteiger partial charge < -0.3 is 0 Å². The predicted molar refractivity (Wildman–Crippen MR) is 161 cm³/mol. The minimum absolute atomic E-state index is 0.743. The fourth-order valence-electron chi connectivity index (χ4n) is 5.10. The van der Waals surface area contributed by atoms with Gasteiger partial charge in [-0.25, -0.2) is 0 Å². The van der Waals surface area contributed by atoms with Crippen LogP contribution in [0, 0.1) is 17.8 Å². The Kier molecular flexibility index (Phi) is 16.0. The lowest BCUT2D eigenvalue weighted by Crippen LogP contribution is -2.19. The van der Waals surface area contributed by atoms with Gasteiger partial charge in [0.25, 0.3) is 0 Å². The van der Waals surface area contributed by atoms with Crippen molar-refractivity contribution in [3.05, 3.63) is 70.4 Å². The molecule has 0 heterocycles. The molecule has 0 amide bonds. The smallest absolute Gasteiger partial charge is 0.0225 e. The molecule has 0 aromatic rings. The third-order valence-corrected chi connectivity index (χ3v) is 7.54. The van der Waals surface area contributed by atoms with E-state index in [1.165, 1.54) is 86.5 Å². The molecule has 0 spiro atoms. The lowest BCUT2D eigenvalue weighted by Gasteiger charge is -2.31. The molecule has 0 aromatic carbocycles. The van der Waals surface area contributed by atoms with Crippen molar-refractivity contribution >= 4 is 0 Å². The van der Waals surface area contributed by atoms with E-state index >= 15 is 0 Å². The Morgan fingerprint density at radius 1 is 0.800 bits per heavy atom. The van der Waals surface area contributed by atoms with E-state index in [0.717, 1.165) is 30.6 Å². The second kappa shape index (κ2) is 17.8. The van der Waals surface area contributed by atoms with Gasteiger partial charge in [-0.1, -0.05) is 84.2 Å². The molecule has 0 aromatic heterocycles. The van der Waals surface area contributed by atoms with Crippen LogP contribution in [0.2, 0.25) is 0 Å². The van der Waals surface area contributed by atoms with E-state index < -0.39 is 0 Å². The van der Waals surface area contributed by atoms with Crippen LogP contribution in [0.25, 0.3) is 0 Å². The van der Waals surface area contributed by atoms with Crippen LogP contribution in [-0.2, 0) is 0 Å². The van der Waals surface area contributed by atoms with Gasteiger partial charge in [0.1, 0.15) is 0 Å². The first-order valence-corrected chi connectivity index (χ1v) is 14.5. The van der Waals surface area contributed by atoms with E-state index in [0.29, 0.717) is 0 Å². The molecule has 0 saturated heterocycles. The average molecular weight is 479 g/mol. The maximum atomic E-state index is 4.43. The molecule has 0 radical (unpaired) electrons. The molecule has 2 unspecified atom stereocenters. The zero-order chi connectivity index (χ0) is 26.2. The summed E-state index contributed by atoms with van der Waals surface area (Å²) in [7, 11) is 0. The highest BCUT2D eigenvalue weighted by atomic mass is 14.3. The van der Waals surface area contributed by atoms with Crippen molar-refractivity contribution in [1.82, 2.24) is 0 Å². The van der Waals surface area contributed by atoms with Gasteiger partial charge in [0.15, 0.2) is 0 Å². The Bertz CT molecular complexity index is 769. The third kappa shape index (κ3) is 15.9. The molecule has 0 fully saturated rings. The summed E-state index contributed by atoms with van der Waals surface area (Å²) < 4.78 is 0. The standard InChI is InChI=1S/C35H58/c1-27(2)14-10-16-30(7)18-12-19-32(9)22-23-34-24-33(25-35(26-34)29(5)6)21-13-20-31(8)17-11-15-28(3)4/h14-15,18,20,24,29,34-35H,9-13,16-17,19,21-23,25-26H2,1-8H3/b30-18+,31-20+. The average Bonchev–Trinajstić information content (AvgIpc) is 2.77.